The maximum absolute atomic E-state index is 12.4. The molecule has 0 N–H and O–H groups in total. The Kier molecular flexibility index (Phi) is 8.45. The van der Waals surface area contributed by atoms with Gasteiger partial charge in [-0.15, -0.1) is 0 Å². The molecule has 0 saturated carbocycles. The van der Waals surface area contributed by atoms with Crippen molar-refractivity contribution < 1.29 is 52.5 Å². The molecule has 1 fully saturated rings. The third kappa shape index (κ3) is 6.58. The molecule has 0 bridgehead atoms. The maximum Gasteiger partial charge on any atom is 0.378 e. The molecule has 0 radical (unpaired) electrons. The number of carbonyl (C=O) groups excluding carboxylic acids is 6. The standard InChI is InChI=1S/C17H20O11/c1-8(18)25-7-13-15(26-9(2)19)16(27-10(3)20)14(28-13)11(21)5-6-12(22)17(23)24-4/h5-6,13-16H,7H2,1-4H3/b6-5-/t13-,14+,15-,16+/m1/s1. The molecule has 0 unspecified atom stereocenters. The van der Waals surface area contributed by atoms with Gasteiger partial charge in [-0.3, -0.25) is 24.0 Å². The predicted octanol–water partition coefficient (Wildman–Crippen LogP) is -0.952. The second-order valence-corrected chi connectivity index (χ2v) is 5.64. The highest BCUT2D eigenvalue weighted by Crippen LogP contribution is 2.28. The minimum absolute atomic E-state index is 0.375. The monoisotopic (exact) mass is 400 g/mol. The number of methoxy groups -OCH3 is 1. The maximum atomic E-state index is 12.4. The Morgan fingerprint density at radius 2 is 1.43 bits per heavy atom. The molecular weight excluding hydrogens is 380 g/mol. The van der Waals surface area contributed by atoms with E-state index in [2.05, 4.69) is 4.74 Å². The van der Waals surface area contributed by atoms with E-state index in [1.807, 2.05) is 0 Å². The Hall–Kier alpha value is -3.08. The van der Waals surface area contributed by atoms with Gasteiger partial charge in [-0.1, -0.05) is 0 Å². The third-order valence-electron chi connectivity index (χ3n) is 3.43. The molecule has 28 heavy (non-hydrogen) atoms. The SMILES string of the molecule is COC(=O)C(=O)/C=C\C(=O)[C@@H]1O[C@H](COC(C)=O)[C@@H](OC(C)=O)[C@H]1OC(C)=O. The van der Waals surface area contributed by atoms with E-state index in [0.717, 1.165) is 34.0 Å². The van der Waals surface area contributed by atoms with Crippen LogP contribution in [-0.2, 0) is 52.5 Å². The van der Waals surface area contributed by atoms with Gasteiger partial charge in [0, 0.05) is 20.8 Å². The van der Waals surface area contributed by atoms with Crippen LogP contribution >= 0.6 is 0 Å². The summed E-state index contributed by atoms with van der Waals surface area (Å²) in [6.45, 7) is 2.93. The molecule has 0 aromatic rings. The summed E-state index contributed by atoms with van der Waals surface area (Å²) >= 11 is 0. The minimum atomic E-state index is -1.46. The fourth-order valence-electron chi connectivity index (χ4n) is 2.37. The van der Waals surface area contributed by atoms with E-state index in [4.69, 9.17) is 18.9 Å². The zero-order valence-electron chi connectivity index (χ0n) is 15.7. The summed E-state index contributed by atoms with van der Waals surface area (Å²) in [6, 6.07) is 0. The zero-order chi connectivity index (χ0) is 21.4. The third-order valence-corrected chi connectivity index (χ3v) is 3.43. The van der Waals surface area contributed by atoms with E-state index in [1.54, 1.807) is 0 Å². The first-order chi connectivity index (χ1) is 13.1. The molecule has 1 rings (SSSR count). The summed E-state index contributed by atoms with van der Waals surface area (Å²) < 4.78 is 24.6. The van der Waals surface area contributed by atoms with Gasteiger partial charge in [0.25, 0.3) is 5.78 Å². The van der Waals surface area contributed by atoms with Crippen LogP contribution in [0.5, 0.6) is 0 Å². The highest BCUT2D eigenvalue weighted by atomic mass is 16.7. The summed E-state index contributed by atoms with van der Waals surface area (Å²) in [5.41, 5.74) is 0. The van der Waals surface area contributed by atoms with Crippen molar-refractivity contribution in [3.05, 3.63) is 12.2 Å². The average Bonchev–Trinajstić information content (AvgIpc) is 2.93. The number of carbonyl (C=O) groups is 6. The van der Waals surface area contributed by atoms with Gasteiger partial charge in [0.05, 0.1) is 7.11 Å². The summed E-state index contributed by atoms with van der Waals surface area (Å²) in [6.07, 6.45) is -3.74. The van der Waals surface area contributed by atoms with Crippen molar-refractivity contribution in [1.82, 2.24) is 0 Å². The van der Waals surface area contributed by atoms with Crippen molar-refractivity contribution in [2.24, 2.45) is 0 Å². The number of hydrogen-bond acceptors (Lipinski definition) is 11. The Balaban J connectivity index is 3.09. The lowest BCUT2D eigenvalue weighted by Gasteiger charge is -2.22. The number of hydrogen-bond donors (Lipinski definition) is 0. The lowest BCUT2D eigenvalue weighted by molar-refractivity contribution is -0.166. The molecule has 1 heterocycles. The Morgan fingerprint density at radius 1 is 0.857 bits per heavy atom. The molecule has 11 heteroatoms. The first-order valence-corrected chi connectivity index (χ1v) is 8.04. The largest absolute Gasteiger partial charge is 0.463 e. The van der Waals surface area contributed by atoms with Gasteiger partial charge >= 0.3 is 23.9 Å². The molecule has 154 valence electrons. The fraction of sp³-hybridized carbons (Fsp3) is 0.529. The molecule has 1 aliphatic heterocycles. The lowest BCUT2D eigenvalue weighted by Crippen LogP contribution is -2.42. The highest BCUT2D eigenvalue weighted by Gasteiger charge is 2.51. The van der Waals surface area contributed by atoms with E-state index in [9.17, 15) is 28.8 Å². The molecule has 11 nitrogen and oxygen atoms in total. The van der Waals surface area contributed by atoms with Crippen molar-refractivity contribution in [3.63, 3.8) is 0 Å². The number of ketones is 2. The van der Waals surface area contributed by atoms with E-state index in [1.165, 1.54) is 0 Å². The van der Waals surface area contributed by atoms with Gasteiger partial charge in [-0.05, 0) is 12.2 Å². The van der Waals surface area contributed by atoms with Gasteiger partial charge < -0.3 is 23.7 Å². The molecule has 0 spiro atoms. The van der Waals surface area contributed by atoms with Crippen molar-refractivity contribution in [1.29, 1.82) is 0 Å². The molecule has 0 aromatic carbocycles. The Morgan fingerprint density at radius 3 is 1.93 bits per heavy atom. The molecule has 0 aromatic heterocycles. The smallest absolute Gasteiger partial charge is 0.378 e. The fourth-order valence-corrected chi connectivity index (χ4v) is 2.37. The lowest BCUT2D eigenvalue weighted by atomic mass is 10.0. The number of ether oxygens (including phenoxy) is 5. The topological polar surface area (TPSA) is 149 Å². The summed E-state index contributed by atoms with van der Waals surface area (Å²) in [5, 5.41) is 0. The van der Waals surface area contributed by atoms with Gasteiger partial charge in [-0.2, -0.15) is 0 Å². The van der Waals surface area contributed by atoms with Crippen LogP contribution in [0, 0.1) is 0 Å². The Bertz CT molecular complexity index is 693. The van der Waals surface area contributed by atoms with Crippen LogP contribution in [0.1, 0.15) is 20.8 Å². The quantitative estimate of drug-likeness (QED) is 0.215. The molecule has 0 aliphatic carbocycles. The minimum Gasteiger partial charge on any atom is -0.463 e. The Labute approximate surface area is 159 Å². The van der Waals surface area contributed by atoms with Gasteiger partial charge in [0.15, 0.2) is 24.1 Å². The number of rotatable bonds is 8. The normalized spacial score (nSPS) is 23.7. The van der Waals surface area contributed by atoms with Crippen molar-refractivity contribution in [3.8, 4) is 0 Å². The molecule has 4 atom stereocenters. The van der Waals surface area contributed by atoms with E-state index >= 15 is 0 Å². The van der Waals surface area contributed by atoms with Crippen LogP contribution < -0.4 is 0 Å². The number of esters is 4. The van der Waals surface area contributed by atoms with E-state index < -0.39 is 59.9 Å². The van der Waals surface area contributed by atoms with Gasteiger partial charge in [0.2, 0.25) is 0 Å². The van der Waals surface area contributed by atoms with Crippen molar-refractivity contribution >= 4 is 35.4 Å². The van der Waals surface area contributed by atoms with Crippen LogP contribution in [0.25, 0.3) is 0 Å². The second-order valence-electron chi connectivity index (χ2n) is 5.64. The average molecular weight is 400 g/mol. The molecular formula is C17H20O11. The van der Waals surface area contributed by atoms with Crippen LogP contribution in [0.4, 0.5) is 0 Å². The van der Waals surface area contributed by atoms with Crippen LogP contribution in [0.15, 0.2) is 12.2 Å². The molecule has 1 aliphatic rings. The molecule has 0 amide bonds. The summed E-state index contributed by atoms with van der Waals surface area (Å²) in [4.78, 5) is 68.8. The zero-order valence-corrected chi connectivity index (χ0v) is 15.7. The van der Waals surface area contributed by atoms with Crippen molar-refractivity contribution in [2.45, 2.75) is 45.2 Å². The van der Waals surface area contributed by atoms with Gasteiger partial charge in [-0.25, -0.2) is 4.79 Å². The van der Waals surface area contributed by atoms with Crippen LogP contribution in [0.2, 0.25) is 0 Å². The molecule has 1 saturated heterocycles. The predicted molar refractivity (Wildman–Crippen MR) is 87.6 cm³/mol. The van der Waals surface area contributed by atoms with Crippen LogP contribution in [-0.4, -0.2) is 73.6 Å². The first kappa shape index (κ1) is 23.0. The van der Waals surface area contributed by atoms with E-state index in [0.29, 0.717) is 6.08 Å². The summed E-state index contributed by atoms with van der Waals surface area (Å²) in [7, 11) is 0.996. The van der Waals surface area contributed by atoms with Crippen LogP contribution in [0.3, 0.4) is 0 Å². The van der Waals surface area contributed by atoms with E-state index in [-0.39, 0.29) is 6.61 Å². The highest BCUT2D eigenvalue weighted by molar-refractivity contribution is 6.38. The van der Waals surface area contributed by atoms with Crippen molar-refractivity contribution in [2.75, 3.05) is 13.7 Å². The van der Waals surface area contributed by atoms with Gasteiger partial charge in [0.1, 0.15) is 12.7 Å². The first-order valence-electron chi connectivity index (χ1n) is 8.04. The summed E-state index contributed by atoms with van der Waals surface area (Å²) in [5.74, 6) is -5.29. The second kappa shape index (κ2) is 10.3.